The van der Waals surface area contributed by atoms with Crippen LogP contribution in [-0.4, -0.2) is 0 Å². The SMILES string of the molecule is C1CCC2C(C1)CC1C3CC4CCCCC4C4CCCC(C5CCCC2C51)C43. The van der Waals surface area contributed by atoms with Crippen molar-refractivity contribution in [1.29, 1.82) is 0 Å². The average molecular weight is 381 g/mol. The lowest BCUT2D eigenvalue weighted by atomic mass is 9.38. The molecule has 28 heavy (non-hydrogen) atoms. The van der Waals surface area contributed by atoms with Crippen molar-refractivity contribution in [2.45, 2.75) is 103 Å². The molecule has 0 aromatic carbocycles. The molecule has 7 aliphatic rings. The molecule has 7 fully saturated rings. The molecular weight excluding hydrogens is 336 g/mol. The van der Waals surface area contributed by atoms with Gasteiger partial charge >= 0.3 is 0 Å². The highest BCUT2D eigenvalue weighted by molar-refractivity contribution is 5.10. The lowest BCUT2D eigenvalue weighted by Gasteiger charge is -2.67. The third-order valence-corrected chi connectivity index (χ3v) is 12.4. The van der Waals surface area contributed by atoms with Gasteiger partial charge in [-0.25, -0.2) is 0 Å². The Morgan fingerprint density at radius 1 is 0.286 bits per heavy atom. The normalized spacial score (nSPS) is 60.0. The highest BCUT2D eigenvalue weighted by atomic mass is 14.7. The molecule has 0 aromatic heterocycles. The zero-order valence-electron chi connectivity index (χ0n) is 18.2. The fourth-order valence-electron chi connectivity index (χ4n) is 12.0. The van der Waals surface area contributed by atoms with Crippen LogP contribution in [0.1, 0.15) is 103 Å². The Morgan fingerprint density at radius 2 is 0.643 bits per heavy atom. The van der Waals surface area contributed by atoms with Crippen LogP contribution < -0.4 is 0 Å². The van der Waals surface area contributed by atoms with E-state index in [9.17, 15) is 0 Å². The summed E-state index contributed by atoms with van der Waals surface area (Å²) in [7, 11) is 0. The molecule has 0 amide bonds. The van der Waals surface area contributed by atoms with Crippen molar-refractivity contribution in [3.05, 3.63) is 0 Å². The molecule has 7 aliphatic carbocycles. The first-order valence-electron chi connectivity index (χ1n) is 13.9. The van der Waals surface area contributed by atoms with Crippen molar-refractivity contribution in [2.75, 3.05) is 0 Å². The van der Waals surface area contributed by atoms with Gasteiger partial charge < -0.3 is 0 Å². The summed E-state index contributed by atoms with van der Waals surface area (Å²) in [5, 5.41) is 0. The molecule has 0 bridgehead atoms. The summed E-state index contributed by atoms with van der Waals surface area (Å²) in [6.07, 6.45) is 25.9. The molecule has 0 N–H and O–H groups in total. The first-order valence-corrected chi connectivity index (χ1v) is 13.9. The molecule has 0 heterocycles. The minimum absolute atomic E-state index is 1.15. The fourth-order valence-corrected chi connectivity index (χ4v) is 12.0. The first-order chi connectivity index (χ1) is 13.9. The van der Waals surface area contributed by atoms with Crippen LogP contribution in [0.2, 0.25) is 0 Å². The number of hydrogen-bond donors (Lipinski definition) is 0. The van der Waals surface area contributed by atoms with Crippen LogP contribution in [0.5, 0.6) is 0 Å². The Kier molecular flexibility index (Phi) is 4.26. The first kappa shape index (κ1) is 17.7. The van der Waals surface area contributed by atoms with Gasteiger partial charge in [-0.2, -0.15) is 0 Å². The smallest absolute Gasteiger partial charge is 0.0321 e. The molecule has 7 rings (SSSR count). The molecule has 0 aliphatic heterocycles. The van der Waals surface area contributed by atoms with Crippen molar-refractivity contribution in [3.63, 3.8) is 0 Å². The molecule has 12 atom stereocenters. The van der Waals surface area contributed by atoms with Gasteiger partial charge in [0.25, 0.3) is 0 Å². The third-order valence-electron chi connectivity index (χ3n) is 12.4. The Hall–Kier alpha value is 0. The molecule has 156 valence electrons. The fraction of sp³-hybridized carbons (Fsp3) is 1.00. The van der Waals surface area contributed by atoms with Gasteiger partial charge in [0.1, 0.15) is 0 Å². The van der Waals surface area contributed by atoms with E-state index in [-0.39, 0.29) is 0 Å². The summed E-state index contributed by atoms with van der Waals surface area (Å²) in [4.78, 5) is 0. The van der Waals surface area contributed by atoms with Crippen LogP contribution in [0.25, 0.3) is 0 Å². The average Bonchev–Trinajstić information content (AvgIpc) is 2.77. The zero-order chi connectivity index (χ0) is 18.2. The van der Waals surface area contributed by atoms with Crippen molar-refractivity contribution in [2.24, 2.45) is 71.0 Å². The van der Waals surface area contributed by atoms with Gasteiger partial charge in [0.2, 0.25) is 0 Å². The topological polar surface area (TPSA) is 0 Å². The van der Waals surface area contributed by atoms with E-state index in [0.717, 1.165) is 11.8 Å². The molecule has 0 spiro atoms. The summed E-state index contributed by atoms with van der Waals surface area (Å²) in [5.41, 5.74) is 0. The molecular formula is C28H44. The zero-order valence-corrected chi connectivity index (χ0v) is 18.2. The van der Waals surface area contributed by atoms with Gasteiger partial charge in [0, 0.05) is 0 Å². The van der Waals surface area contributed by atoms with Gasteiger partial charge in [-0.05, 0) is 122 Å². The summed E-state index contributed by atoms with van der Waals surface area (Å²) >= 11 is 0. The second kappa shape index (κ2) is 6.75. The van der Waals surface area contributed by atoms with Crippen molar-refractivity contribution < 1.29 is 0 Å². The van der Waals surface area contributed by atoms with E-state index >= 15 is 0 Å². The molecule has 7 saturated carbocycles. The second-order valence-electron chi connectivity index (χ2n) is 12.9. The van der Waals surface area contributed by atoms with Gasteiger partial charge in [-0.1, -0.05) is 51.4 Å². The quantitative estimate of drug-likeness (QED) is 0.403. The Balaban J connectivity index is 1.29. The maximum atomic E-state index is 1.69. The van der Waals surface area contributed by atoms with Crippen LogP contribution in [-0.2, 0) is 0 Å². The van der Waals surface area contributed by atoms with Crippen molar-refractivity contribution in [3.8, 4) is 0 Å². The van der Waals surface area contributed by atoms with E-state index in [2.05, 4.69) is 0 Å². The highest BCUT2D eigenvalue weighted by Gasteiger charge is 2.62. The van der Waals surface area contributed by atoms with Gasteiger partial charge in [-0.15, -0.1) is 0 Å². The van der Waals surface area contributed by atoms with E-state index in [1.54, 1.807) is 103 Å². The number of hydrogen-bond acceptors (Lipinski definition) is 0. The highest BCUT2D eigenvalue weighted by Crippen LogP contribution is 2.69. The standard InChI is InChI=1S/C28H44/c1-3-9-19-17(7-1)15-25-26-16-18-8-2-4-10-20(18)22-12-6-14-24(28(22)26)23-13-5-11-21(19)27(23)25/h17-28H,1-16H2. The molecule has 12 unspecified atom stereocenters. The van der Waals surface area contributed by atoms with E-state index in [1.165, 1.54) is 59.2 Å². The van der Waals surface area contributed by atoms with Crippen LogP contribution in [0.15, 0.2) is 0 Å². The lowest BCUT2D eigenvalue weighted by molar-refractivity contribution is -0.188. The minimum atomic E-state index is 1.15. The number of rotatable bonds is 0. The Labute approximate surface area is 174 Å². The van der Waals surface area contributed by atoms with Crippen LogP contribution in [0.3, 0.4) is 0 Å². The van der Waals surface area contributed by atoms with Crippen molar-refractivity contribution in [1.82, 2.24) is 0 Å². The summed E-state index contributed by atoms with van der Waals surface area (Å²) < 4.78 is 0. The second-order valence-corrected chi connectivity index (χ2v) is 12.9. The van der Waals surface area contributed by atoms with E-state index < -0.39 is 0 Å². The van der Waals surface area contributed by atoms with Crippen LogP contribution in [0.4, 0.5) is 0 Å². The molecule has 0 saturated heterocycles. The predicted molar refractivity (Wildman–Crippen MR) is 116 cm³/mol. The summed E-state index contributed by atoms with van der Waals surface area (Å²) in [6, 6.07) is 0. The minimum Gasteiger partial charge on any atom is -0.0530 e. The van der Waals surface area contributed by atoms with E-state index in [1.807, 2.05) is 0 Å². The monoisotopic (exact) mass is 380 g/mol. The van der Waals surface area contributed by atoms with E-state index in [0.29, 0.717) is 0 Å². The van der Waals surface area contributed by atoms with Gasteiger partial charge in [0.05, 0.1) is 0 Å². The molecule has 0 heteroatoms. The Bertz CT molecular complexity index is 541. The molecule has 0 nitrogen and oxygen atoms in total. The van der Waals surface area contributed by atoms with Crippen molar-refractivity contribution >= 4 is 0 Å². The maximum absolute atomic E-state index is 1.69. The lowest BCUT2D eigenvalue weighted by Crippen LogP contribution is -2.61. The van der Waals surface area contributed by atoms with Crippen LogP contribution in [0, 0.1) is 71.0 Å². The third kappa shape index (κ3) is 2.42. The molecule has 0 aromatic rings. The summed E-state index contributed by atoms with van der Waals surface area (Å²) in [6.45, 7) is 0. The van der Waals surface area contributed by atoms with Crippen LogP contribution >= 0.6 is 0 Å². The number of fused-ring (bicyclic) bond motifs is 6. The summed E-state index contributed by atoms with van der Waals surface area (Å²) in [5.74, 6) is 14.1. The van der Waals surface area contributed by atoms with Gasteiger partial charge in [0.15, 0.2) is 0 Å². The Morgan fingerprint density at radius 3 is 1.11 bits per heavy atom. The molecule has 0 radical (unpaired) electrons. The van der Waals surface area contributed by atoms with Gasteiger partial charge in [-0.3, -0.25) is 0 Å². The maximum Gasteiger partial charge on any atom is -0.0321 e. The largest absolute Gasteiger partial charge is 0.0530 e. The predicted octanol–water partition coefficient (Wildman–Crippen LogP) is 7.72. The van der Waals surface area contributed by atoms with E-state index in [4.69, 9.17) is 0 Å².